The summed E-state index contributed by atoms with van der Waals surface area (Å²) in [6.45, 7) is 1.70. The molecule has 0 bridgehead atoms. The van der Waals surface area contributed by atoms with E-state index in [0.717, 1.165) is 0 Å². The zero-order chi connectivity index (χ0) is 16.8. The predicted molar refractivity (Wildman–Crippen MR) is 82.8 cm³/mol. The number of carbonyl (C=O) groups is 2. The molecule has 0 aliphatic rings. The molecule has 0 heterocycles. The third-order valence-corrected chi connectivity index (χ3v) is 3.19. The van der Waals surface area contributed by atoms with Crippen LogP contribution in [0.3, 0.4) is 0 Å². The van der Waals surface area contributed by atoms with Crippen molar-refractivity contribution in [3.05, 3.63) is 59.9 Å². The van der Waals surface area contributed by atoms with E-state index in [0.29, 0.717) is 12.2 Å². The Morgan fingerprint density at radius 1 is 1.09 bits per heavy atom. The largest absolute Gasteiger partial charge is 0.508 e. The van der Waals surface area contributed by atoms with E-state index < -0.39 is 24.3 Å². The second kappa shape index (κ2) is 7.40. The number of likely N-dealkylation sites (N-methyl/N-ethyl adjacent to an activating group) is 1. The Balaban J connectivity index is 1.98. The summed E-state index contributed by atoms with van der Waals surface area (Å²) in [7, 11) is 0. The van der Waals surface area contributed by atoms with E-state index in [-0.39, 0.29) is 11.3 Å². The molecule has 23 heavy (non-hydrogen) atoms. The number of aromatic hydroxyl groups is 1. The fraction of sp³-hybridized carbons (Fsp3) is 0.176. The Hall–Kier alpha value is -2.89. The normalized spacial score (nSPS) is 10.2. The first-order valence-electron chi connectivity index (χ1n) is 7.03. The zero-order valence-electron chi connectivity index (χ0n) is 12.5. The summed E-state index contributed by atoms with van der Waals surface area (Å²) in [4.78, 5) is 25.4. The monoisotopic (exact) mass is 317 g/mol. The number of phenolic OH excluding ortho intramolecular Hbond substituents is 1. The summed E-state index contributed by atoms with van der Waals surface area (Å²) in [6, 6.07) is 11.0. The first kappa shape index (κ1) is 16.5. The van der Waals surface area contributed by atoms with Crippen LogP contribution in [0.5, 0.6) is 5.75 Å². The molecule has 0 unspecified atom stereocenters. The van der Waals surface area contributed by atoms with Gasteiger partial charge in [0.2, 0.25) is 0 Å². The molecular formula is C17H16FNO4. The number of hydrogen-bond acceptors (Lipinski definition) is 4. The maximum atomic E-state index is 12.9. The number of esters is 1. The summed E-state index contributed by atoms with van der Waals surface area (Å²) in [6.07, 6.45) is 0. The van der Waals surface area contributed by atoms with Gasteiger partial charge >= 0.3 is 5.97 Å². The molecule has 0 spiro atoms. The van der Waals surface area contributed by atoms with E-state index in [1.165, 1.54) is 53.4 Å². The van der Waals surface area contributed by atoms with Gasteiger partial charge in [0.1, 0.15) is 11.6 Å². The highest BCUT2D eigenvalue weighted by atomic mass is 19.1. The molecule has 1 N–H and O–H groups in total. The first-order valence-corrected chi connectivity index (χ1v) is 7.03. The molecule has 0 radical (unpaired) electrons. The standard InChI is InChI=1S/C17H16FNO4/c1-2-19(14-7-5-13(18)6-8-14)16(21)11-23-17(22)12-3-9-15(20)10-4-12/h3-10,20H,2,11H2,1H3. The summed E-state index contributed by atoms with van der Waals surface area (Å²) >= 11 is 0. The third kappa shape index (κ3) is 4.29. The number of ether oxygens (including phenoxy) is 1. The van der Waals surface area contributed by atoms with Crippen molar-refractivity contribution in [2.45, 2.75) is 6.92 Å². The molecule has 0 aromatic heterocycles. The van der Waals surface area contributed by atoms with Crippen molar-refractivity contribution < 1.29 is 23.8 Å². The highest BCUT2D eigenvalue weighted by Gasteiger charge is 2.17. The fourth-order valence-electron chi connectivity index (χ4n) is 2.01. The molecule has 120 valence electrons. The summed E-state index contributed by atoms with van der Waals surface area (Å²) in [5.74, 6) is -1.43. The SMILES string of the molecule is CCN(C(=O)COC(=O)c1ccc(O)cc1)c1ccc(F)cc1. The van der Waals surface area contributed by atoms with E-state index in [1.807, 2.05) is 0 Å². The first-order chi connectivity index (χ1) is 11.0. The van der Waals surface area contributed by atoms with E-state index in [9.17, 15) is 14.0 Å². The van der Waals surface area contributed by atoms with E-state index in [1.54, 1.807) is 6.92 Å². The molecule has 0 saturated heterocycles. The van der Waals surface area contributed by atoms with Crippen molar-refractivity contribution in [3.8, 4) is 5.75 Å². The second-order valence-corrected chi connectivity index (χ2v) is 4.74. The van der Waals surface area contributed by atoms with Crippen molar-refractivity contribution in [3.63, 3.8) is 0 Å². The van der Waals surface area contributed by atoms with Crippen LogP contribution < -0.4 is 4.90 Å². The van der Waals surface area contributed by atoms with Crippen LogP contribution in [0.2, 0.25) is 0 Å². The molecule has 5 nitrogen and oxygen atoms in total. The lowest BCUT2D eigenvalue weighted by molar-refractivity contribution is -0.121. The number of rotatable bonds is 5. The molecule has 1 amide bonds. The Kier molecular flexibility index (Phi) is 5.30. The molecule has 6 heteroatoms. The number of anilines is 1. The van der Waals surface area contributed by atoms with Gasteiger partial charge in [-0.05, 0) is 55.5 Å². The van der Waals surface area contributed by atoms with Gasteiger partial charge in [0, 0.05) is 12.2 Å². The molecule has 2 aromatic rings. The number of halogens is 1. The van der Waals surface area contributed by atoms with Crippen LogP contribution in [0, 0.1) is 5.82 Å². The smallest absolute Gasteiger partial charge is 0.338 e. The lowest BCUT2D eigenvalue weighted by Crippen LogP contribution is -2.34. The number of hydrogen-bond donors (Lipinski definition) is 1. The molecular weight excluding hydrogens is 301 g/mol. The molecule has 0 saturated carbocycles. The summed E-state index contributed by atoms with van der Waals surface area (Å²) in [5.41, 5.74) is 0.764. The van der Waals surface area contributed by atoms with Gasteiger partial charge in [-0.1, -0.05) is 0 Å². The number of amides is 1. The fourth-order valence-corrected chi connectivity index (χ4v) is 2.01. The lowest BCUT2D eigenvalue weighted by Gasteiger charge is -2.20. The van der Waals surface area contributed by atoms with Crippen LogP contribution in [-0.2, 0) is 9.53 Å². The summed E-state index contributed by atoms with van der Waals surface area (Å²) in [5, 5.41) is 9.17. The Morgan fingerprint density at radius 2 is 1.70 bits per heavy atom. The van der Waals surface area contributed by atoms with Crippen LogP contribution in [-0.4, -0.2) is 30.1 Å². The predicted octanol–water partition coefficient (Wildman–Crippen LogP) is 2.74. The minimum absolute atomic E-state index is 0.0334. The van der Waals surface area contributed by atoms with Crippen molar-refractivity contribution in [2.75, 3.05) is 18.1 Å². The van der Waals surface area contributed by atoms with Gasteiger partial charge in [0.25, 0.3) is 5.91 Å². The maximum Gasteiger partial charge on any atom is 0.338 e. The van der Waals surface area contributed by atoms with E-state index in [2.05, 4.69) is 0 Å². The zero-order valence-corrected chi connectivity index (χ0v) is 12.5. The van der Waals surface area contributed by atoms with Crippen molar-refractivity contribution in [1.29, 1.82) is 0 Å². The van der Waals surface area contributed by atoms with E-state index >= 15 is 0 Å². The lowest BCUT2D eigenvalue weighted by atomic mass is 10.2. The van der Waals surface area contributed by atoms with Crippen molar-refractivity contribution in [2.24, 2.45) is 0 Å². The van der Waals surface area contributed by atoms with Crippen LogP contribution in [0.15, 0.2) is 48.5 Å². The Morgan fingerprint density at radius 3 is 2.26 bits per heavy atom. The van der Waals surface area contributed by atoms with Gasteiger partial charge in [-0.3, -0.25) is 4.79 Å². The van der Waals surface area contributed by atoms with Gasteiger partial charge in [0.15, 0.2) is 6.61 Å². The number of carbonyl (C=O) groups excluding carboxylic acids is 2. The number of benzene rings is 2. The van der Waals surface area contributed by atoms with Crippen LogP contribution in [0.4, 0.5) is 10.1 Å². The van der Waals surface area contributed by atoms with Crippen LogP contribution in [0.1, 0.15) is 17.3 Å². The van der Waals surface area contributed by atoms with Gasteiger partial charge in [-0.25, -0.2) is 9.18 Å². The molecule has 0 aliphatic carbocycles. The van der Waals surface area contributed by atoms with Gasteiger partial charge in [-0.15, -0.1) is 0 Å². The molecule has 2 aromatic carbocycles. The topological polar surface area (TPSA) is 66.8 Å². The molecule has 0 fully saturated rings. The number of nitrogens with zero attached hydrogens (tertiary/aromatic N) is 1. The molecule has 0 aliphatic heterocycles. The Bertz CT molecular complexity index is 683. The molecule has 0 atom stereocenters. The maximum absolute atomic E-state index is 12.9. The van der Waals surface area contributed by atoms with E-state index in [4.69, 9.17) is 9.84 Å². The Labute approximate surface area is 132 Å². The minimum atomic E-state index is -0.659. The highest BCUT2D eigenvalue weighted by molar-refractivity contribution is 5.97. The third-order valence-electron chi connectivity index (χ3n) is 3.19. The molecule has 2 rings (SSSR count). The average Bonchev–Trinajstić information content (AvgIpc) is 2.55. The van der Waals surface area contributed by atoms with Crippen molar-refractivity contribution in [1.82, 2.24) is 0 Å². The van der Waals surface area contributed by atoms with Crippen LogP contribution >= 0.6 is 0 Å². The van der Waals surface area contributed by atoms with Gasteiger partial charge < -0.3 is 14.7 Å². The highest BCUT2D eigenvalue weighted by Crippen LogP contribution is 2.15. The van der Waals surface area contributed by atoms with Crippen LogP contribution in [0.25, 0.3) is 0 Å². The summed E-state index contributed by atoms with van der Waals surface area (Å²) < 4.78 is 17.9. The van der Waals surface area contributed by atoms with Gasteiger partial charge in [0.05, 0.1) is 5.56 Å². The average molecular weight is 317 g/mol. The van der Waals surface area contributed by atoms with Crippen molar-refractivity contribution >= 4 is 17.6 Å². The quantitative estimate of drug-likeness (QED) is 0.861. The second-order valence-electron chi connectivity index (χ2n) is 4.74. The minimum Gasteiger partial charge on any atom is -0.508 e. The van der Waals surface area contributed by atoms with Gasteiger partial charge in [-0.2, -0.15) is 0 Å². The number of phenols is 1.